The zero-order valence-electron chi connectivity index (χ0n) is 9.60. The predicted octanol–water partition coefficient (Wildman–Crippen LogP) is 3.00. The number of aliphatic hydroxyl groups is 1. The SMILES string of the molecule is OC(CCc1ccsc1)CCC1CCCO1. The largest absolute Gasteiger partial charge is 0.393 e. The van der Waals surface area contributed by atoms with Gasteiger partial charge in [-0.25, -0.2) is 0 Å². The number of aryl methyl sites for hydroxylation is 1. The summed E-state index contributed by atoms with van der Waals surface area (Å²) in [6.07, 6.45) is 6.39. The zero-order valence-corrected chi connectivity index (χ0v) is 10.4. The molecule has 1 aromatic rings. The predicted molar refractivity (Wildman–Crippen MR) is 66.9 cm³/mol. The molecule has 0 radical (unpaired) electrons. The third kappa shape index (κ3) is 3.89. The zero-order chi connectivity index (χ0) is 11.2. The van der Waals surface area contributed by atoms with Gasteiger partial charge in [0.25, 0.3) is 0 Å². The molecule has 1 fully saturated rings. The highest BCUT2D eigenvalue weighted by molar-refractivity contribution is 7.07. The molecule has 1 aliphatic heterocycles. The summed E-state index contributed by atoms with van der Waals surface area (Å²) in [5, 5.41) is 14.1. The molecule has 0 aromatic carbocycles. The lowest BCUT2D eigenvalue weighted by Gasteiger charge is -2.13. The average Bonchev–Trinajstić information content (AvgIpc) is 2.96. The maximum atomic E-state index is 9.86. The summed E-state index contributed by atoms with van der Waals surface area (Å²) in [6, 6.07) is 2.14. The maximum absolute atomic E-state index is 9.86. The van der Waals surface area contributed by atoms with E-state index in [1.54, 1.807) is 11.3 Å². The Morgan fingerprint density at radius 3 is 3.12 bits per heavy atom. The number of hydrogen-bond donors (Lipinski definition) is 1. The Bertz CT molecular complexity index is 278. The van der Waals surface area contributed by atoms with Crippen LogP contribution in [0.2, 0.25) is 0 Å². The number of aliphatic hydroxyl groups excluding tert-OH is 1. The molecule has 0 spiro atoms. The topological polar surface area (TPSA) is 29.5 Å². The lowest BCUT2D eigenvalue weighted by molar-refractivity contribution is 0.0791. The Hall–Kier alpha value is -0.380. The van der Waals surface area contributed by atoms with Crippen LogP contribution in [0.1, 0.15) is 37.7 Å². The van der Waals surface area contributed by atoms with Gasteiger partial charge in [-0.2, -0.15) is 11.3 Å². The monoisotopic (exact) mass is 240 g/mol. The molecule has 90 valence electrons. The number of ether oxygens (including phenoxy) is 1. The Morgan fingerprint density at radius 1 is 1.50 bits per heavy atom. The van der Waals surface area contributed by atoms with Crippen molar-refractivity contribution in [3.8, 4) is 0 Å². The second-order valence-corrected chi connectivity index (χ2v) is 5.32. The van der Waals surface area contributed by atoms with Crippen molar-refractivity contribution >= 4 is 11.3 Å². The molecule has 1 aromatic heterocycles. The van der Waals surface area contributed by atoms with Crippen LogP contribution >= 0.6 is 11.3 Å². The Morgan fingerprint density at radius 2 is 2.44 bits per heavy atom. The van der Waals surface area contributed by atoms with E-state index in [-0.39, 0.29) is 6.10 Å². The van der Waals surface area contributed by atoms with Crippen molar-refractivity contribution in [3.05, 3.63) is 22.4 Å². The molecule has 0 amide bonds. The first-order valence-electron chi connectivity index (χ1n) is 6.15. The number of thiophene rings is 1. The van der Waals surface area contributed by atoms with Crippen LogP contribution in [0.15, 0.2) is 16.8 Å². The molecular formula is C13H20O2S. The third-order valence-corrected chi connectivity index (χ3v) is 3.92. The molecule has 0 aliphatic carbocycles. The first-order chi connectivity index (χ1) is 7.84. The second kappa shape index (κ2) is 6.38. The van der Waals surface area contributed by atoms with E-state index < -0.39 is 0 Å². The summed E-state index contributed by atoms with van der Waals surface area (Å²) in [6.45, 7) is 0.912. The van der Waals surface area contributed by atoms with E-state index in [0.29, 0.717) is 6.10 Å². The number of hydrogen-bond acceptors (Lipinski definition) is 3. The van der Waals surface area contributed by atoms with Crippen molar-refractivity contribution in [2.45, 2.75) is 50.7 Å². The first kappa shape index (κ1) is 12.1. The minimum Gasteiger partial charge on any atom is -0.393 e. The van der Waals surface area contributed by atoms with Crippen LogP contribution in [-0.4, -0.2) is 23.9 Å². The van der Waals surface area contributed by atoms with Gasteiger partial charge in [-0.1, -0.05) is 0 Å². The minimum atomic E-state index is -0.163. The van der Waals surface area contributed by atoms with Crippen molar-refractivity contribution < 1.29 is 9.84 Å². The highest BCUT2D eigenvalue weighted by Gasteiger charge is 2.16. The smallest absolute Gasteiger partial charge is 0.0577 e. The molecule has 16 heavy (non-hydrogen) atoms. The van der Waals surface area contributed by atoms with Crippen LogP contribution in [0.3, 0.4) is 0 Å². The van der Waals surface area contributed by atoms with Gasteiger partial charge in [-0.3, -0.25) is 0 Å². The van der Waals surface area contributed by atoms with Gasteiger partial charge in [0.1, 0.15) is 0 Å². The van der Waals surface area contributed by atoms with Crippen molar-refractivity contribution in [2.75, 3.05) is 6.61 Å². The van der Waals surface area contributed by atoms with E-state index in [1.165, 1.54) is 18.4 Å². The van der Waals surface area contributed by atoms with Crippen LogP contribution in [0.4, 0.5) is 0 Å². The van der Waals surface area contributed by atoms with Crippen molar-refractivity contribution in [2.24, 2.45) is 0 Å². The molecule has 2 nitrogen and oxygen atoms in total. The van der Waals surface area contributed by atoms with Gasteiger partial charge in [-0.05, 0) is 60.9 Å². The molecule has 2 heterocycles. The Labute approximate surface area is 101 Å². The lowest BCUT2D eigenvalue weighted by atomic mass is 10.0. The minimum absolute atomic E-state index is 0.163. The van der Waals surface area contributed by atoms with Gasteiger partial charge in [0.2, 0.25) is 0 Å². The van der Waals surface area contributed by atoms with E-state index >= 15 is 0 Å². The molecule has 3 heteroatoms. The summed E-state index contributed by atoms with van der Waals surface area (Å²) in [5.74, 6) is 0. The average molecular weight is 240 g/mol. The summed E-state index contributed by atoms with van der Waals surface area (Å²) in [4.78, 5) is 0. The lowest BCUT2D eigenvalue weighted by Crippen LogP contribution is -2.13. The van der Waals surface area contributed by atoms with Gasteiger partial charge >= 0.3 is 0 Å². The maximum Gasteiger partial charge on any atom is 0.0577 e. The van der Waals surface area contributed by atoms with E-state index in [2.05, 4.69) is 16.8 Å². The van der Waals surface area contributed by atoms with Gasteiger partial charge in [-0.15, -0.1) is 0 Å². The quantitative estimate of drug-likeness (QED) is 0.828. The fourth-order valence-corrected chi connectivity index (χ4v) is 2.87. The Kier molecular flexibility index (Phi) is 4.82. The van der Waals surface area contributed by atoms with Crippen LogP contribution in [0, 0.1) is 0 Å². The van der Waals surface area contributed by atoms with Crippen LogP contribution < -0.4 is 0 Å². The molecule has 0 bridgehead atoms. The summed E-state index contributed by atoms with van der Waals surface area (Å²) in [5.41, 5.74) is 1.35. The molecule has 1 aliphatic rings. The van der Waals surface area contributed by atoms with E-state index in [4.69, 9.17) is 4.74 Å². The molecule has 2 unspecified atom stereocenters. The van der Waals surface area contributed by atoms with Gasteiger partial charge in [0.05, 0.1) is 12.2 Å². The molecule has 1 N–H and O–H groups in total. The standard InChI is InChI=1S/C13H20O2S/c14-12(4-3-11-7-9-16-10-11)5-6-13-2-1-8-15-13/h7,9-10,12-14H,1-6,8H2. The van der Waals surface area contributed by atoms with E-state index in [0.717, 1.165) is 32.3 Å². The fourth-order valence-electron chi connectivity index (χ4n) is 2.16. The van der Waals surface area contributed by atoms with Gasteiger partial charge < -0.3 is 9.84 Å². The molecule has 1 saturated heterocycles. The van der Waals surface area contributed by atoms with E-state index in [9.17, 15) is 5.11 Å². The van der Waals surface area contributed by atoms with E-state index in [1.807, 2.05) is 0 Å². The number of rotatable bonds is 6. The Balaban J connectivity index is 1.58. The third-order valence-electron chi connectivity index (χ3n) is 3.19. The summed E-state index contributed by atoms with van der Waals surface area (Å²) in [7, 11) is 0. The van der Waals surface area contributed by atoms with Crippen LogP contribution in [-0.2, 0) is 11.2 Å². The summed E-state index contributed by atoms with van der Waals surface area (Å²) < 4.78 is 5.54. The molecule has 2 rings (SSSR count). The first-order valence-corrected chi connectivity index (χ1v) is 7.09. The molecular weight excluding hydrogens is 220 g/mol. The van der Waals surface area contributed by atoms with Gasteiger partial charge in [0, 0.05) is 6.61 Å². The highest BCUT2D eigenvalue weighted by atomic mass is 32.1. The van der Waals surface area contributed by atoms with Crippen LogP contribution in [0.5, 0.6) is 0 Å². The molecule has 0 saturated carbocycles. The van der Waals surface area contributed by atoms with Crippen molar-refractivity contribution in [3.63, 3.8) is 0 Å². The van der Waals surface area contributed by atoms with Crippen molar-refractivity contribution in [1.82, 2.24) is 0 Å². The van der Waals surface area contributed by atoms with Gasteiger partial charge in [0.15, 0.2) is 0 Å². The summed E-state index contributed by atoms with van der Waals surface area (Å²) >= 11 is 1.72. The van der Waals surface area contributed by atoms with Crippen molar-refractivity contribution in [1.29, 1.82) is 0 Å². The van der Waals surface area contributed by atoms with Crippen LogP contribution in [0.25, 0.3) is 0 Å². The second-order valence-electron chi connectivity index (χ2n) is 4.54. The fraction of sp³-hybridized carbons (Fsp3) is 0.692. The molecule has 2 atom stereocenters. The normalized spacial score (nSPS) is 22.4. The highest BCUT2D eigenvalue weighted by Crippen LogP contribution is 2.19.